The van der Waals surface area contributed by atoms with Crippen LogP contribution in [0.5, 0.6) is 0 Å². The lowest BCUT2D eigenvalue weighted by Gasteiger charge is -2.27. The Balaban J connectivity index is 2.75. The van der Waals surface area contributed by atoms with E-state index in [4.69, 9.17) is 4.74 Å². The van der Waals surface area contributed by atoms with Gasteiger partial charge in [-0.05, 0) is 26.7 Å². The largest absolute Gasteiger partial charge is 0.465 e. The van der Waals surface area contributed by atoms with E-state index in [0.29, 0.717) is 19.4 Å². The molecule has 0 heterocycles. The first-order chi connectivity index (χ1) is 7.11. The first-order valence-electron chi connectivity index (χ1n) is 5.82. The van der Waals surface area contributed by atoms with Gasteiger partial charge in [0.25, 0.3) is 0 Å². The van der Waals surface area contributed by atoms with Crippen molar-refractivity contribution < 1.29 is 14.3 Å². The second-order valence-corrected chi connectivity index (χ2v) is 4.39. The predicted molar refractivity (Wildman–Crippen MR) is 57.4 cm³/mol. The van der Waals surface area contributed by atoms with Crippen LogP contribution in [0.25, 0.3) is 0 Å². The fourth-order valence-electron chi connectivity index (χ4n) is 2.04. The maximum Gasteiger partial charge on any atom is 0.319 e. The van der Waals surface area contributed by atoms with Gasteiger partial charge < -0.3 is 4.74 Å². The Morgan fingerprint density at radius 1 is 1.33 bits per heavy atom. The number of Topliss-reactive ketones (excluding diaryl/α,β-unsaturated/α-hetero) is 1. The summed E-state index contributed by atoms with van der Waals surface area (Å²) in [4.78, 5) is 23.7. The zero-order valence-electron chi connectivity index (χ0n) is 9.67. The average molecular weight is 212 g/mol. The first kappa shape index (κ1) is 12.2. The van der Waals surface area contributed by atoms with Crippen LogP contribution in [0, 0.1) is 5.41 Å². The molecule has 1 atom stereocenters. The molecule has 0 bridgehead atoms. The fourth-order valence-corrected chi connectivity index (χ4v) is 2.04. The van der Waals surface area contributed by atoms with Gasteiger partial charge >= 0.3 is 5.97 Å². The molecule has 1 saturated carbocycles. The fraction of sp³-hybridized carbons (Fsp3) is 0.833. The molecule has 15 heavy (non-hydrogen) atoms. The maximum absolute atomic E-state index is 11.9. The molecule has 1 rings (SSSR count). The smallest absolute Gasteiger partial charge is 0.319 e. The number of ether oxygens (including phenoxy) is 1. The maximum atomic E-state index is 11.9. The molecule has 1 unspecified atom stereocenters. The summed E-state index contributed by atoms with van der Waals surface area (Å²) in [5.41, 5.74) is -0.879. The van der Waals surface area contributed by atoms with Gasteiger partial charge in [0.15, 0.2) is 0 Å². The van der Waals surface area contributed by atoms with Gasteiger partial charge in [0, 0.05) is 6.42 Å². The minimum Gasteiger partial charge on any atom is -0.465 e. The standard InChI is InChI=1S/C12H20O3/c1-3-15-11(14)12(2)9-7-5-4-6-8-10(12)13/h3-9H2,1-2H3. The molecule has 1 aliphatic carbocycles. The van der Waals surface area contributed by atoms with Crippen LogP contribution in [-0.2, 0) is 14.3 Å². The van der Waals surface area contributed by atoms with Crippen LogP contribution in [-0.4, -0.2) is 18.4 Å². The van der Waals surface area contributed by atoms with Crippen LogP contribution in [0.2, 0.25) is 0 Å². The van der Waals surface area contributed by atoms with E-state index in [2.05, 4.69) is 0 Å². The number of ketones is 1. The monoisotopic (exact) mass is 212 g/mol. The molecule has 0 amide bonds. The third-order valence-electron chi connectivity index (χ3n) is 3.17. The Morgan fingerprint density at radius 3 is 2.67 bits per heavy atom. The van der Waals surface area contributed by atoms with E-state index in [-0.39, 0.29) is 11.8 Å². The van der Waals surface area contributed by atoms with E-state index in [1.165, 1.54) is 0 Å². The lowest BCUT2D eigenvalue weighted by molar-refractivity contribution is -0.160. The molecule has 1 fully saturated rings. The molecule has 0 saturated heterocycles. The van der Waals surface area contributed by atoms with Crippen molar-refractivity contribution in [3.63, 3.8) is 0 Å². The Bertz CT molecular complexity index is 237. The lowest BCUT2D eigenvalue weighted by Crippen LogP contribution is -2.38. The van der Waals surface area contributed by atoms with Crippen molar-refractivity contribution in [3.05, 3.63) is 0 Å². The summed E-state index contributed by atoms with van der Waals surface area (Å²) >= 11 is 0. The Morgan fingerprint density at radius 2 is 2.00 bits per heavy atom. The molecule has 0 spiro atoms. The van der Waals surface area contributed by atoms with Crippen molar-refractivity contribution >= 4 is 11.8 Å². The minimum absolute atomic E-state index is 0.0562. The second kappa shape index (κ2) is 5.29. The van der Waals surface area contributed by atoms with Crippen molar-refractivity contribution in [1.82, 2.24) is 0 Å². The summed E-state index contributed by atoms with van der Waals surface area (Å²) in [6.45, 7) is 3.86. The molecular weight excluding hydrogens is 192 g/mol. The van der Waals surface area contributed by atoms with Crippen LogP contribution < -0.4 is 0 Å². The highest BCUT2D eigenvalue weighted by molar-refractivity contribution is 6.03. The molecule has 0 aromatic carbocycles. The molecule has 1 aliphatic rings. The van der Waals surface area contributed by atoms with Crippen molar-refractivity contribution in [1.29, 1.82) is 0 Å². The van der Waals surface area contributed by atoms with E-state index >= 15 is 0 Å². The molecule has 0 aromatic rings. The van der Waals surface area contributed by atoms with Crippen LogP contribution in [0.4, 0.5) is 0 Å². The third kappa shape index (κ3) is 2.80. The summed E-state index contributed by atoms with van der Waals surface area (Å²) in [5.74, 6) is -0.280. The van der Waals surface area contributed by atoms with Gasteiger partial charge in [-0.15, -0.1) is 0 Å². The van der Waals surface area contributed by atoms with Crippen LogP contribution in [0.1, 0.15) is 52.4 Å². The highest BCUT2D eigenvalue weighted by Gasteiger charge is 2.41. The average Bonchev–Trinajstić information content (AvgIpc) is 2.20. The van der Waals surface area contributed by atoms with E-state index in [1.807, 2.05) is 0 Å². The summed E-state index contributed by atoms with van der Waals surface area (Å²) in [7, 11) is 0. The number of rotatable bonds is 2. The summed E-state index contributed by atoms with van der Waals surface area (Å²) in [5, 5.41) is 0. The number of esters is 1. The zero-order chi connectivity index (χ0) is 11.3. The number of hydrogen-bond donors (Lipinski definition) is 0. The highest BCUT2D eigenvalue weighted by atomic mass is 16.5. The molecule has 0 aromatic heterocycles. The lowest BCUT2D eigenvalue weighted by atomic mass is 9.77. The third-order valence-corrected chi connectivity index (χ3v) is 3.17. The molecule has 3 heteroatoms. The molecule has 0 aliphatic heterocycles. The van der Waals surface area contributed by atoms with Crippen molar-refractivity contribution in [2.75, 3.05) is 6.61 Å². The van der Waals surface area contributed by atoms with Crippen LogP contribution >= 0.6 is 0 Å². The first-order valence-corrected chi connectivity index (χ1v) is 5.82. The van der Waals surface area contributed by atoms with Gasteiger partial charge in [0.1, 0.15) is 11.2 Å². The summed E-state index contributed by atoms with van der Waals surface area (Å²) in [6.07, 6.45) is 5.24. The van der Waals surface area contributed by atoms with Gasteiger partial charge in [-0.3, -0.25) is 9.59 Å². The Hall–Kier alpha value is -0.860. The quantitative estimate of drug-likeness (QED) is 0.521. The van der Waals surface area contributed by atoms with Crippen LogP contribution in [0.15, 0.2) is 0 Å². The topological polar surface area (TPSA) is 43.4 Å². The van der Waals surface area contributed by atoms with Gasteiger partial charge in [0.05, 0.1) is 6.61 Å². The molecular formula is C12H20O3. The normalized spacial score (nSPS) is 28.0. The molecule has 0 radical (unpaired) electrons. The molecule has 3 nitrogen and oxygen atoms in total. The van der Waals surface area contributed by atoms with Gasteiger partial charge in [-0.2, -0.15) is 0 Å². The summed E-state index contributed by atoms with van der Waals surface area (Å²) in [6, 6.07) is 0. The van der Waals surface area contributed by atoms with E-state index in [1.54, 1.807) is 13.8 Å². The van der Waals surface area contributed by atoms with Crippen LogP contribution in [0.3, 0.4) is 0 Å². The molecule has 0 N–H and O–H groups in total. The highest BCUT2D eigenvalue weighted by Crippen LogP contribution is 2.32. The Labute approximate surface area is 91.2 Å². The summed E-state index contributed by atoms with van der Waals surface area (Å²) < 4.78 is 4.99. The Kier molecular flexibility index (Phi) is 4.30. The van der Waals surface area contributed by atoms with Crippen molar-refractivity contribution in [3.8, 4) is 0 Å². The van der Waals surface area contributed by atoms with Crippen molar-refractivity contribution in [2.45, 2.75) is 52.4 Å². The minimum atomic E-state index is -0.879. The SMILES string of the molecule is CCOC(=O)C1(C)CCCCCCC1=O. The van der Waals surface area contributed by atoms with E-state index in [9.17, 15) is 9.59 Å². The second-order valence-electron chi connectivity index (χ2n) is 4.39. The zero-order valence-corrected chi connectivity index (χ0v) is 9.67. The van der Waals surface area contributed by atoms with E-state index < -0.39 is 5.41 Å². The number of carbonyl (C=O) groups excluding carboxylic acids is 2. The van der Waals surface area contributed by atoms with Gasteiger partial charge in [-0.25, -0.2) is 0 Å². The number of hydrogen-bond acceptors (Lipinski definition) is 3. The number of carbonyl (C=O) groups is 2. The van der Waals surface area contributed by atoms with Gasteiger partial charge in [0.2, 0.25) is 0 Å². The van der Waals surface area contributed by atoms with Crippen molar-refractivity contribution in [2.24, 2.45) is 5.41 Å². The van der Waals surface area contributed by atoms with Gasteiger partial charge in [-0.1, -0.05) is 19.3 Å². The molecule has 86 valence electrons. The van der Waals surface area contributed by atoms with E-state index in [0.717, 1.165) is 25.7 Å². The predicted octanol–water partition coefficient (Wildman–Crippen LogP) is 2.48.